The van der Waals surface area contributed by atoms with Crippen molar-refractivity contribution in [2.75, 3.05) is 26.2 Å². The monoisotopic (exact) mass is 428 g/mol. The fraction of sp³-hybridized carbons (Fsp3) is 0.412. The largest absolute Gasteiger partial charge is 0.416 e. The third-order valence-electron chi connectivity index (χ3n) is 4.36. The predicted molar refractivity (Wildman–Crippen MR) is 92.1 cm³/mol. The molecule has 3 rings (SSSR count). The van der Waals surface area contributed by atoms with E-state index in [9.17, 15) is 26.3 Å². The van der Waals surface area contributed by atoms with E-state index in [0.717, 1.165) is 11.3 Å². The average Bonchev–Trinajstić information content (AvgIpc) is 3.00. The molecule has 1 aliphatic rings. The van der Waals surface area contributed by atoms with Gasteiger partial charge >= 0.3 is 12.4 Å². The first-order valence-electron chi connectivity index (χ1n) is 8.05. The van der Waals surface area contributed by atoms with Gasteiger partial charge in [0, 0.05) is 31.1 Å². The Hall–Kier alpha value is -1.29. The second kappa shape index (κ2) is 7.62. The number of hydrogen-bond donors (Lipinski definition) is 1. The second-order valence-corrected chi connectivity index (χ2v) is 7.87. The van der Waals surface area contributed by atoms with Crippen LogP contribution in [-0.4, -0.2) is 31.1 Å². The van der Waals surface area contributed by atoms with Gasteiger partial charge in [0.25, 0.3) is 0 Å². The highest BCUT2D eigenvalue weighted by atomic mass is 35.5. The Morgan fingerprint density at radius 1 is 0.963 bits per heavy atom. The highest BCUT2D eigenvalue weighted by Crippen LogP contribution is 2.43. The molecule has 2 aromatic rings. The van der Waals surface area contributed by atoms with Crippen LogP contribution >= 0.6 is 22.9 Å². The molecule has 1 aromatic carbocycles. The number of benzene rings is 1. The Labute approximate surface area is 160 Å². The molecule has 0 aliphatic carbocycles. The van der Waals surface area contributed by atoms with Gasteiger partial charge in [-0.25, -0.2) is 0 Å². The number of hydrogen-bond acceptors (Lipinski definition) is 3. The first-order chi connectivity index (χ1) is 12.6. The van der Waals surface area contributed by atoms with Crippen molar-refractivity contribution < 1.29 is 26.3 Å². The predicted octanol–water partition coefficient (Wildman–Crippen LogP) is 5.43. The molecule has 0 bridgehead atoms. The van der Waals surface area contributed by atoms with Gasteiger partial charge < -0.3 is 5.32 Å². The molecule has 0 amide bonds. The Kier molecular flexibility index (Phi) is 5.77. The molecular formula is C17H15ClF6N2S. The number of piperazine rings is 1. The minimum absolute atomic E-state index is 0.366. The summed E-state index contributed by atoms with van der Waals surface area (Å²) >= 11 is 7.02. The molecule has 0 unspecified atom stereocenters. The van der Waals surface area contributed by atoms with Crippen LogP contribution < -0.4 is 5.32 Å². The molecule has 2 nitrogen and oxygen atoms in total. The summed E-state index contributed by atoms with van der Waals surface area (Å²) < 4.78 is 80.7. The lowest BCUT2D eigenvalue weighted by Crippen LogP contribution is -2.45. The van der Waals surface area contributed by atoms with E-state index < -0.39 is 35.1 Å². The summed E-state index contributed by atoms with van der Waals surface area (Å²) in [6.45, 7) is 1.90. The number of thiophene rings is 1. The van der Waals surface area contributed by atoms with Crippen LogP contribution in [0.5, 0.6) is 0 Å². The molecule has 2 heterocycles. The Balaban J connectivity index is 2.19. The fourth-order valence-electron chi connectivity index (χ4n) is 3.17. The SMILES string of the molecule is FC(F)(F)c1ccc(C(F)(F)F)c([C@@H](c2ccc(Cl)s2)N2CCNCC2)c1. The van der Waals surface area contributed by atoms with Gasteiger partial charge in [-0.15, -0.1) is 11.3 Å². The number of nitrogens with one attached hydrogen (secondary N) is 1. The van der Waals surface area contributed by atoms with E-state index in [4.69, 9.17) is 11.6 Å². The first-order valence-corrected chi connectivity index (χ1v) is 9.25. The summed E-state index contributed by atoms with van der Waals surface area (Å²) in [5.41, 5.74) is -2.57. The van der Waals surface area contributed by atoms with Crippen molar-refractivity contribution in [3.8, 4) is 0 Å². The molecule has 1 aliphatic heterocycles. The van der Waals surface area contributed by atoms with Crippen molar-refractivity contribution in [1.29, 1.82) is 0 Å². The van der Waals surface area contributed by atoms with Crippen molar-refractivity contribution in [1.82, 2.24) is 10.2 Å². The molecule has 1 atom stereocenters. The van der Waals surface area contributed by atoms with Gasteiger partial charge in [0.15, 0.2) is 0 Å². The molecule has 1 aromatic heterocycles. The quantitative estimate of drug-likeness (QED) is 0.655. The van der Waals surface area contributed by atoms with Crippen LogP contribution in [0.15, 0.2) is 30.3 Å². The topological polar surface area (TPSA) is 15.3 Å². The standard InChI is InChI=1S/C17H15ClF6N2S/c18-14-4-3-13(27-14)15(26-7-5-25-6-8-26)11-9-10(16(19,20)21)1-2-12(11)17(22,23)24/h1-4,9,15,25H,5-8H2/t15-/m0/s1. The molecule has 0 saturated carbocycles. The summed E-state index contributed by atoms with van der Waals surface area (Å²) in [6, 6.07) is 3.76. The number of alkyl halides is 6. The van der Waals surface area contributed by atoms with E-state index in [1.54, 1.807) is 11.0 Å². The zero-order valence-corrected chi connectivity index (χ0v) is 15.4. The van der Waals surface area contributed by atoms with Crippen LogP contribution in [0.25, 0.3) is 0 Å². The van der Waals surface area contributed by atoms with Crippen LogP contribution in [0, 0.1) is 0 Å². The van der Waals surface area contributed by atoms with Crippen molar-refractivity contribution >= 4 is 22.9 Å². The van der Waals surface area contributed by atoms with E-state index in [0.29, 0.717) is 53.6 Å². The highest BCUT2D eigenvalue weighted by Gasteiger charge is 2.40. The van der Waals surface area contributed by atoms with Gasteiger partial charge in [-0.3, -0.25) is 4.90 Å². The summed E-state index contributed by atoms with van der Waals surface area (Å²) in [6.07, 6.45) is -9.51. The maximum Gasteiger partial charge on any atom is 0.416 e. The molecule has 27 heavy (non-hydrogen) atoms. The van der Waals surface area contributed by atoms with Crippen LogP contribution in [0.3, 0.4) is 0 Å². The van der Waals surface area contributed by atoms with E-state index in [2.05, 4.69) is 5.32 Å². The van der Waals surface area contributed by atoms with E-state index in [1.807, 2.05) is 0 Å². The maximum absolute atomic E-state index is 13.6. The zero-order valence-electron chi connectivity index (χ0n) is 13.8. The van der Waals surface area contributed by atoms with Gasteiger partial charge in [0.1, 0.15) is 0 Å². The van der Waals surface area contributed by atoms with Crippen LogP contribution in [0.2, 0.25) is 4.34 Å². The van der Waals surface area contributed by atoms with Crippen molar-refractivity contribution in [2.45, 2.75) is 18.4 Å². The summed E-state index contributed by atoms with van der Waals surface area (Å²) in [5, 5.41) is 3.09. The third kappa shape index (κ3) is 4.59. The second-order valence-electron chi connectivity index (χ2n) is 6.13. The van der Waals surface area contributed by atoms with E-state index in [1.165, 1.54) is 6.07 Å². The van der Waals surface area contributed by atoms with Crippen LogP contribution in [-0.2, 0) is 12.4 Å². The zero-order chi connectivity index (χ0) is 19.8. The normalized spacial score (nSPS) is 17.9. The van der Waals surface area contributed by atoms with Crippen LogP contribution in [0.1, 0.15) is 27.6 Å². The Morgan fingerprint density at radius 2 is 1.63 bits per heavy atom. The molecule has 0 spiro atoms. The lowest BCUT2D eigenvalue weighted by Gasteiger charge is -2.36. The molecule has 1 fully saturated rings. The van der Waals surface area contributed by atoms with Gasteiger partial charge in [0.05, 0.1) is 21.5 Å². The molecule has 10 heteroatoms. The van der Waals surface area contributed by atoms with Crippen molar-refractivity contribution in [3.63, 3.8) is 0 Å². The minimum Gasteiger partial charge on any atom is -0.314 e. The molecular weight excluding hydrogens is 414 g/mol. The lowest BCUT2D eigenvalue weighted by atomic mass is 9.94. The number of rotatable bonds is 3. The number of halogens is 7. The fourth-order valence-corrected chi connectivity index (χ4v) is 4.38. The highest BCUT2D eigenvalue weighted by molar-refractivity contribution is 7.16. The maximum atomic E-state index is 13.6. The van der Waals surface area contributed by atoms with Gasteiger partial charge in [-0.1, -0.05) is 11.6 Å². The van der Waals surface area contributed by atoms with Crippen LogP contribution in [0.4, 0.5) is 26.3 Å². The van der Waals surface area contributed by atoms with Gasteiger partial charge in [-0.05, 0) is 35.9 Å². The molecule has 1 saturated heterocycles. The molecule has 0 radical (unpaired) electrons. The Morgan fingerprint density at radius 3 is 2.15 bits per heavy atom. The van der Waals surface area contributed by atoms with Crippen molar-refractivity contribution in [3.05, 3.63) is 56.2 Å². The average molecular weight is 429 g/mol. The number of nitrogens with zero attached hydrogens (tertiary/aromatic N) is 1. The first kappa shape index (κ1) is 20.4. The van der Waals surface area contributed by atoms with Crippen molar-refractivity contribution in [2.24, 2.45) is 0 Å². The smallest absolute Gasteiger partial charge is 0.314 e. The summed E-state index contributed by atoms with van der Waals surface area (Å²) in [4.78, 5) is 2.23. The lowest BCUT2D eigenvalue weighted by molar-refractivity contribution is -0.142. The third-order valence-corrected chi connectivity index (χ3v) is 5.64. The van der Waals surface area contributed by atoms with Gasteiger partial charge in [0.2, 0.25) is 0 Å². The van der Waals surface area contributed by atoms with E-state index >= 15 is 0 Å². The minimum atomic E-state index is -4.77. The summed E-state index contributed by atoms with van der Waals surface area (Å²) in [7, 11) is 0. The molecule has 1 N–H and O–H groups in total. The Bertz CT molecular complexity index is 795. The molecule has 148 valence electrons. The summed E-state index contributed by atoms with van der Waals surface area (Å²) in [5.74, 6) is 0. The van der Waals surface area contributed by atoms with E-state index in [-0.39, 0.29) is 0 Å². The van der Waals surface area contributed by atoms with Gasteiger partial charge in [-0.2, -0.15) is 26.3 Å².